The quantitative estimate of drug-likeness (QED) is 0.903. The third kappa shape index (κ3) is 2.52. The molecule has 2 unspecified atom stereocenters. The molecule has 1 saturated carbocycles. The molecule has 0 radical (unpaired) electrons. The van der Waals surface area contributed by atoms with E-state index in [1.165, 1.54) is 0 Å². The van der Waals surface area contributed by atoms with Gasteiger partial charge in [0.1, 0.15) is 5.75 Å². The summed E-state index contributed by atoms with van der Waals surface area (Å²) in [4.78, 5) is 25.5. The number of carboxylic acid groups (broad SMARTS) is 1. The summed E-state index contributed by atoms with van der Waals surface area (Å²) in [6.45, 7) is 0. The molecular weight excluding hydrogens is 338 g/mol. The minimum Gasteiger partial charge on any atom is -0.496 e. The van der Waals surface area contributed by atoms with Gasteiger partial charge in [-0.15, -0.1) is 0 Å². The van der Waals surface area contributed by atoms with E-state index >= 15 is 0 Å². The molecule has 0 bridgehead atoms. The third-order valence-electron chi connectivity index (χ3n) is 4.14. The molecule has 1 saturated heterocycles. The van der Waals surface area contributed by atoms with Crippen LogP contribution in [-0.4, -0.2) is 35.0 Å². The molecular formula is C15H16BrNO4. The van der Waals surface area contributed by atoms with Gasteiger partial charge in [-0.2, -0.15) is 0 Å². The van der Waals surface area contributed by atoms with Gasteiger partial charge in [-0.1, -0.05) is 6.07 Å². The second-order valence-corrected chi connectivity index (χ2v) is 6.37. The van der Waals surface area contributed by atoms with E-state index in [2.05, 4.69) is 15.9 Å². The lowest BCUT2D eigenvalue weighted by atomic mass is 9.93. The number of rotatable bonds is 4. The summed E-state index contributed by atoms with van der Waals surface area (Å²) in [6.07, 6.45) is 2.01. The van der Waals surface area contributed by atoms with Crippen molar-refractivity contribution in [2.24, 2.45) is 5.92 Å². The molecule has 2 fully saturated rings. The number of carbonyl (C=O) groups excluding carboxylic acids is 1. The van der Waals surface area contributed by atoms with Crippen LogP contribution in [0.1, 0.15) is 30.9 Å². The van der Waals surface area contributed by atoms with E-state index in [0.717, 1.165) is 22.9 Å². The summed E-state index contributed by atoms with van der Waals surface area (Å²) in [5, 5.41) is 9.44. The summed E-state index contributed by atoms with van der Waals surface area (Å²) in [5.74, 6) is -0.961. The molecule has 3 rings (SSSR count). The Morgan fingerprint density at radius 3 is 2.67 bits per heavy atom. The van der Waals surface area contributed by atoms with Gasteiger partial charge in [-0.3, -0.25) is 9.59 Å². The smallest absolute Gasteiger partial charge is 0.309 e. The first kappa shape index (κ1) is 14.4. The Balaban J connectivity index is 2.00. The highest BCUT2D eigenvalue weighted by atomic mass is 79.9. The number of aliphatic carboxylic acids is 1. The molecule has 1 heterocycles. The Bertz CT molecular complexity index is 599. The van der Waals surface area contributed by atoms with E-state index in [1.807, 2.05) is 12.1 Å². The minimum absolute atomic E-state index is 0.0539. The summed E-state index contributed by atoms with van der Waals surface area (Å²) >= 11 is 3.42. The average molecular weight is 354 g/mol. The second kappa shape index (κ2) is 5.33. The number of likely N-dealkylation sites (tertiary alicyclic amines) is 1. The third-order valence-corrected chi connectivity index (χ3v) is 4.76. The fraction of sp³-hybridized carbons (Fsp3) is 0.467. The lowest BCUT2D eigenvalue weighted by Crippen LogP contribution is -2.32. The van der Waals surface area contributed by atoms with Crippen LogP contribution in [0.5, 0.6) is 5.75 Å². The Hall–Kier alpha value is -1.56. The molecule has 112 valence electrons. The Labute approximate surface area is 131 Å². The highest BCUT2D eigenvalue weighted by Crippen LogP contribution is 2.46. The molecule has 1 aliphatic carbocycles. The summed E-state index contributed by atoms with van der Waals surface area (Å²) in [7, 11) is 1.58. The van der Waals surface area contributed by atoms with Gasteiger partial charge in [0.25, 0.3) is 0 Å². The zero-order valence-corrected chi connectivity index (χ0v) is 13.2. The first-order chi connectivity index (χ1) is 10.0. The van der Waals surface area contributed by atoms with Crippen molar-refractivity contribution in [3.8, 4) is 5.75 Å². The number of nitrogens with zero attached hydrogens (tertiary/aromatic N) is 1. The summed E-state index contributed by atoms with van der Waals surface area (Å²) < 4.78 is 5.97. The second-order valence-electron chi connectivity index (χ2n) is 5.52. The zero-order valence-electron chi connectivity index (χ0n) is 11.6. The number of halogens is 1. The van der Waals surface area contributed by atoms with Crippen LogP contribution in [0.2, 0.25) is 0 Å². The first-order valence-electron chi connectivity index (χ1n) is 6.90. The lowest BCUT2D eigenvalue weighted by Gasteiger charge is -2.27. The van der Waals surface area contributed by atoms with Gasteiger partial charge in [0.05, 0.1) is 23.5 Å². The molecule has 1 aliphatic heterocycles. The van der Waals surface area contributed by atoms with Crippen LogP contribution < -0.4 is 4.74 Å². The largest absolute Gasteiger partial charge is 0.496 e. The van der Waals surface area contributed by atoms with Gasteiger partial charge in [-0.05, 0) is 46.5 Å². The SMILES string of the molecule is COc1ccc(C2C(C(=O)O)CC(=O)N2C2CC2)cc1Br. The summed E-state index contributed by atoms with van der Waals surface area (Å²) in [6, 6.07) is 5.31. The predicted octanol–water partition coefficient (Wildman–Crippen LogP) is 2.59. The molecule has 21 heavy (non-hydrogen) atoms. The van der Waals surface area contributed by atoms with E-state index in [9.17, 15) is 14.7 Å². The van der Waals surface area contributed by atoms with Crippen molar-refractivity contribution in [2.45, 2.75) is 31.3 Å². The Kier molecular flexibility index (Phi) is 3.65. The molecule has 2 aliphatic rings. The molecule has 0 spiro atoms. The fourth-order valence-electron chi connectivity index (χ4n) is 3.02. The van der Waals surface area contributed by atoms with Crippen molar-refractivity contribution in [1.82, 2.24) is 4.90 Å². The van der Waals surface area contributed by atoms with E-state index < -0.39 is 11.9 Å². The van der Waals surface area contributed by atoms with Crippen LogP contribution in [0.4, 0.5) is 0 Å². The van der Waals surface area contributed by atoms with Crippen molar-refractivity contribution in [3.63, 3.8) is 0 Å². The maximum atomic E-state index is 12.2. The van der Waals surface area contributed by atoms with E-state index in [-0.39, 0.29) is 24.4 Å². The molecule has 6 heteroatoms. The van der Waals surface area contributed by atoms with Crippen molar-refractivity contribution >= 4 is 27.8 Å². The number of methoxy groups -OCH3 is 1. The number of amides is 1. The average Bonchev–Trinajstić information content (AvgIpc) is 3.21. The number of hydrogen-bond donors (Lipinski definition) is 1. The highest BCUT2D eigenvalue weighted by molar-refractivity contribution is 9.10. The van der Waals surface area contributed by atoms with Crippen molar-refractivity contribution in [2.75, 3.05) is 7.11 Å². The van der Waals surface area contributed by atoms with Gasteiger partial charge in [0.15, 0.2) is 0 Å². The summed E-state index contributed by atoms with van der Waals surface area (Å²) in [5.41, 5.74) is 0.841. The number of ether oxygens (including phenoxy) is 1. The lowest BCUT2D eigenvalue weighted by molar-refractivity contribution is -0.142. The number of hydrogen-bond acceptors (Lipinski definition) is 3. The molecule has 1 amide bonds. The Morgan fingerprint density at radius 1 is 1.43 bits per heavy atom. The van der Waals surface area contributed by atoms with Gasteiger partial charge in [0.2, 0.25) is 5.91 Å². The monoisotopic (exact) mass is 353 g/mol. The zero-order chi connectivity index (χ0) is 15.1. The first-order valence-corrected chi connectivity index (χ1v) is 7.69. The maximum absolute atomic E-state index is 12.2. The van der Waals surface area contributed by atoms with Crippen LogP contribution in [0.3, 0.4) is 0 Å². The van der Waals surface area contributed by atoms with Crippen LogP contribution >= 0.6 is 15.9 Å². The molecule has 0 aromatic heterocycles. The molecule has 1 aromatic carbocycles. The molecule has 2 atom stereocenters. The number of carboxylic acids is 1. The number of benzene rings is 1. The van der Waals surface area contributed by atoms with Crippen molar-refractivity contribution in [1.29, 1.82) is 0 Å². The fourth-order valence-corrected chi connectivity index (χ4v) is 3.58. The number of carbonyl (C=O) groups is 2. The van der Waals surface area contributed by atoms with Gasteiger partial charge < -0.3 is 14.7 Å². The van der Waals surface area contributed by atoms with E-state index in [4.69, 9.17) is 4.74 Å². The molecule has 1 N–H and O–H groups in total. The topological polar surface area (TPSA) is 66.8 Å². The van der Waals surface area contributed by atoms with Crippen LogP contribution in [0.15, 0.2) is 22.7 Å². The van der Waals surface area contributed by atoms with Crippen LogP contribution in [0.25, 0.3) is 0 Å². The van der Waals surface area contributed by atoms with E-state index in [0.29, 0.717) is 5.75 Å². The van der Waals surface area contributed by atoms with E-state index in [1.54, 1.807) is 18.1 Å². The standard InChI is InChI=1S/C15H16BrNO4/c1-21-12-5-2-8(6-11(12)16)14-10(15(19)20)7-13(18)17(14)9-3-4-9/h2,5-6,9-10,14H,3-4,7H2,1H3,(H,19,20). The van der Waals surface area contributed by atoms with Gasteiger partial charge in [0, 0.05) is 12.5 Å². The van der Waals surface area contributed by atoms with Crippen molar-refractivity contribution in [3.05, 3.63) is 28.2 Å². The van der Waals surface area contributed by atoms with Crippen molar-refractivity contribution < 1.29 is 19.4 Å². The van der Waals surface area contributed by atoms with Gasteiger partial charge >= 0.3 is 5.97 Å². The van der Waals surface area contributed by atoms with Crippen LogP contribution in [0, 0.1) is 5.92 Å². The maximum Gasteiger partial charge on any atom is 0.309 e. The molecule has 1 aromatic rings. The predicted molar refractivity (Wildman–Crippen MR) is 79.0 cm³/mol. The normalized spacial score (nSPS) is 25.2. The molecule has 5 nitrogen and oxygen atoms in total. The minimum atomic E-state index is -0.913. The van der Waals surface area contributed by atoms with Gasteiger partial charge in [-0.25, -0.2) is 0 Å². The van der Waals surface area contributed by atoms with Crippen LogP contribution in [-0.2, 0) is 9.59 Å². The highest BCUT2D eigenvalue weighted by Gasteiger charge is 2.49. The Morgan fingerprint density at radius 2 is 2.14 bits per heavy atom.